The third-order valence-electron chi connectivity index (χ3n) is 3.11. The summed E-state index contributed by atoms with van der Waals surface area (Å²) in [5.74, 6) is -0.159. The summed E-state index contributed by atoms with van der Waals surface area (Å²) in [6.07, 6.45) is 13.3. The Morgan fingerprint density at radius 2 is 1.39 bits per heavy atom. The van der Waals surface area contributed by atoms with E-state index in [-0.39, 0.29) is 5.97 Å². The highest BCUT2D eigenvalue weighted by Crippen LogP contribution is 2.10. The molecule has 0 aromatic rings. The second kappa shape index (κ2) is 14.5. The van der Waals surface area contributed by atoms with E-state index in [2.05, 4.69) is 6.92 Å². The lowest BCUT2D eigenvalue weighted by molar-refractivity contribution is -0.143. The Kier molecular flexibility index (Phi) is 14.0. The van der Waals surface area contributed by atoms with Gasteiger partial charge >= 0.3 is 5.97 Å². The summed E-state index contributed by atoms with van der Waals surface area (Å²) in [5, 5.41) is 0. The second-order valence-corrected chi connectivity index (χ2v) is 4.94. The number of hydrogen-bond acceptors (Lipinski definition) is 3. The lowest BCUT2D eigenvalue weighted by Crippen LogP contribution is -2.11. The number of esters is 1. The number of nitrogens with two attached hydrogens (primary N) is 1. The molecule has 0 spiro atoms. The van der Waals surface area contributed by atoms with E-state index in [9.17, 15) is 4.79 Å². The molecular weight excluding hydrogens is 226 g/mol. The number of carbonyl (C=O) groups is 1. The quantitative estimate of drug-likeness (QED) is 0.403. The van der Waals surface area contributed by atoms with Crippen LogP contribution < -0.4 is 5.73 Å². The fraction of sp³-hybridized carbons (Fsp3) is 0.933. The number of unbranched alkanes of at least 4 members (excludes halogenated alkanes) is 9. The largest absolute Gasteiger partial charge is 0.466 e. The molecule has 0 saturated carbocycles. The van der Waals surface area contributed by atoms with Crippen LogP contribution in [0.25, 0.3) is 0 Å². The van der Waals surface area contributed by atoms with Crippen molar-refractivity contribution in [3.8, 4) is 0 Å². The molecule has 0 rings (SSSR count). The van der Waals surface area contributed by atoms with Crippen LogP contribution >= 0.6 is 0 Å². The van der Waals surface area contributed by atoms with Crippen LogP contribution in [-0.4, -0.2) is 19.1 Å². The van der Waals surface area contributed by atoms with Crippen LogP contribution in [0.5, 0.6) is 0 Å². The molecular formula is C15H31NO2. The van der Waals surface area contributed by atoms with Crippen molar-refractivity contribution in [2.24, 2.45) is 5.73 Å². The fourth-order valence-electron chi connectivity index (χ4n) is 1.97. The molecule has 0 radical (unpaired) electrons. The topological polar surface area (TPSA) is 52.3 Å². The van der Waals surface area contributed by atoms with Crippen LogP contribution in [0.1, 0.15) is 77.6 Å². The maximum atomic E-state index is 11.0. The van der Waals surface area contributed by atoms with E-state index in [0.717, 1.165) is 6.42 Å². The minimum absolute atomic E-state index is 0.159. The summed E-state index contributed by atoms with van der Waals surface area (Å²) in [7, 11) is 0. The number of rotatable bonds is 13. The molecule has 108 valence electrons. The van der Waals surface area contributed by atoms with Gasteiger partial charge in [-0.1, -0.05) is 64.7 Å². The van der Waals surface area contributed by atoms with Crippen molar-refractivity contribution in [1.82, 2.24) is 0 Å². The maximum absolute atomic E-state index is 11.0. The Balaban J connectivity index is 3.01. The van der Waals surface area contributed by atoms with Crippen molar-refractivity contribution in [3.63, 3.8) is 0 Å². The van der Waals surface area contributed by atoms with E-state index in [1.165, 1.54) is 57.8 Å². The van der Waals surface area contributed by atoms with Crippen molar-refractivity contribution in [3.05, 3.63) is 0 Å². The lowest BCUT2D eigenvalue weighted by Gasteiger charge is -2.04. The van der Waals surface area contributed by atoms with Crippen molar-refractivity contribution >= 4 is 5.97 Å². The van der Waals surface area contributed by atoms with E-state index in [1.54, 1.807) is 0 Å². The second-order valence-electron chi connectivity index (χ2n) is 4.94. The fourth-order valence-corrected chi connectivity index (χ4v) is 1.97. The third-order valence-corrected chi connectivity index (χ3v) is 3.11. The minimum atomic E-state index is -0.159. The van der Waals surface area contributed by atoms with Gasteiger partial charge in [0.2, 0.25) is 0 Å². The van der Waals surface area contributed by atoms with Gasteiger partial charge in [-0.3, -0.25) is 4.79 Å². The van der Waals surface area contributed by atoms with Gasteiger partial charge in [0.15, 0.2) is 0 Å². The smallest absolute Gasteiger partial charge is 0.307 e. The first-order valence-electron chi connectivity index (χ1n) is 7.67. The van der Waals surface area contributed by atoms with Crippen LogP contribution in [0.4, 0.5) is 0 Å². The molecule has 3 nitrogen and oxygen atoms in total. The molecule has 0 heterocycles. The van der Waals surface area contributed by atoms with Gasteiger partial charge in [-0.05, 0) is 6.42 Å². The van der Waals surface area contributed by atoms with Crippen LogP contribution in [0.2, 0.25) is 0 Å². The summed E-state index contributed by atoms with van der Waals surface area (Å²) in [5.41, 5.74) is 5.26. The molecule has 0 aliphatic carbocycles. The standard InChI is InChI=1S/C15H31NO2/c1-2-3-4-5-6-7-8-9-10-11-14-18-15(17)12-13-16/h2-14,16H2,1H3. The van der Waals surface area contributed by atoms with Crippen molar-refractivity contribution in [2.45, 2.75) is 77.6 Å². The van der Waals surface area contributed by atoms with Gasteiger partial charge in [0.1, 0.15) is 0 Å². The predicted molar refractivity (Wildman–Crippen MR) is 76.5 cm³/mol. The van der Waals surface area contributed by atoms with Gasteiger partial charge in [-0.25, -0.2) is 0 Å². The van der Waals surface area contributed by atoms with Crippen molar-refractivity contribution in [2.75, 3.05) is 13.2 Å². The van der Waals surface area contributed by atoms with Gasteiger partial charge in [-0.2, -0.15) is 0 Å². The molecule has 0 aliphatic heterocycles. The molecule has 0 atom stereocenters. The normalized spacial score (nSPS) is 10.6. The van der Waals surface area contributed by atoms with E-state index in [0.29, 0.717) is 19.6 Å². The van der Waals surface area contributed by atoms with E-state index in [1.807, 2.05) is 0 Å². The first-order valence-corrected chi connectivity index (χ1v) is 7.67. The highest BCUT2D eigenvalue weighted by Gasteiger charge is 1.99. The summed E-state index contributed by atoms with van der Waals surface area (Å²) in [6.45, 7) is 3.20. The highest BCUT2D eigenvalue weighted by molar-refractivity contribution is 5.69. The zero-order valence-electron chi connectivity index (χ0n) is 12.1. The Hall–Kier alpha value is -0.570. The minimum Gasteiger partial charge on any atom is -0.466 e. The molecule has 2 N–H and O–H groups in total. The Labute approximate surface area is 112 Å². The van der Waals surface area contributed by atoms with E-state index < -0.39 is 0 Å². The molecule has 3 heteroatoms. The number of carbonyl (C=O) groups excluding carboxylic acids is 1. The van der Waals surface area contributed by atoms with Crippen LogP contribution in [0.3, 0.4) is 0 Å². The summed E-state index contributed by atoms with van der Waals surface area (Å²) in [6, 6.07) is 0. The molecule has 0 amide bonds. The van der Waals surface area contributed by atoms with Gasteiger partial charge in [0.05, 0.1) is 13.0 Å². The monoisotopic (exact) mass is 257 g/mol. The first-order chi connectivity index (χ1) is 8.81. The van der Waals surface area contributed by atoms with Crippen molar-refractivity contribution in [1.29, 1.82) is 0 Å². The van der Waals surface area contributed by atoms with Gasteiger partial charge < -0.3 is 10.5 Å². The highest BCUT2D eigenvalue weighted by atomic mass is 16.5. The molecule has 0 unspecified atom stereocenters. The van der Waals surface area contributed by atoms with E-state index in [4.69, 9.17) is 10.5 Å². The van der Waals surface area contributed by atoms with Crippen LogP contribution in [0.15, 0.2) is 0 Å². The summed E-state index contributed by atoms with van der Waals surface area (Å²) in [4.78, 5) is 11.0. The average molecular weight is 257 g/mol. The Morgan fingerprint density at radius 1 is 0.889 bits per heavy atom. The molecule has 18 heavy (non-hydrogen) atoms. The zero-order chi connectivity index (χ0) is 13.5. The zero-order valence-corrected chi connectivity index (χ0v) is 12.1. The number of hydrogen-bond donors (Lipinski definition) is 1. The summed E-state index contributed by atoms with van der Waals surface area (Å²) < 4.78 is 5.04. The molecule has 0 aliphatic rings. The SMILES string of the molecule is CCCCCCCCCCCCOC(=O)CCN. The molecule has 0 aromatic carbocycles. The van der Waals surface area contributed by atoms with Crippen LogP contribution in [-0.2, 0) is 9.53 Å². The summed E-state index contributed by atoms with van der Waals surface area (Å²) >= 11 is 0. The molecule has 0 fully saturated rings. The van der Waals surface area contributed by atoms with Crippen LogP contribution in [0, 0.1) is 0 Å². The Morgan fingerprint density at radius 3 is 1.89 bits per heavy atom. The van der Waals surface area contributed by atoms with Gasteiger partial charge in [0, 0.05) is 6.54 Å². The maximum Gasteiger partial charge on any atom is 0.307 e. The average Bonchev–Trinajstić information content (AvgIpc) is 2.36. The molecule has 0 aromatic heterocycles. The lowest BCUT2D eigenvalue weighted by atomic mass is 10.1. The van der Waals surface area contributed by atoms with Gasteiger partial charge in [0.25, 0.3) is 0 Å². The van der Waals surface area contributed by atoms with Crippen molar-refractivity contribution < 1.29 is 9.53 Å². The molecule has 0 saturated heterocycles. The predicted octanol–water partition coefficient (Wildman–Crippen LogP) is 3.80. The van der Waals surface area contributed by atoms with Gasteiger partial charge in [-0.15, -0.1) is 0 Å². The first kappa shape index (κ1) is 17.4. The Bertz CT molecular complexity index is 183. The molecule has 0 bridgehead atoms. The van der Waals surface area contributed by atoms with E-state index >= 15 is 0 Å². The third kappa shape index (κ3) is 13.5. The number of ether oxygens (including phenoxy) is 1.